The molecule has 0 atom stereocenters. The summed E-state index contributed by atoms with van der Waals surface area (Å²) >= 11 is 3.43. The average molecular weight is 532 g/mol. The second-order valence-corrected chi connectivity index (χ2v) is 7.96. The van der Waals surface area contributed by atoms with Gasteiger partial charge in [0, 0.05) is 11.3 Å². The van der Waals surface area contributed by atoms with Crippen molar-refractivity contribution in [3.05, 3.63) is 93.0 Å². The number of anilines is 1. The van der Waals surface area contributed by atoms with Gasteiger partial charge in [-0.2, -0.15) is 10.5 Å². The van der Waals surface area contributed by atoms with Crippen LogP contribution in [-0.4, -0.2) is 24.1 Å². The maximum atomic E-state index is 12.6. The lowest BCUT2D eigenvalue weighted by atomic mass is 10.1. The van der Waals surface area contributed by atoms with Gasteiger partial charge in [0.2, 0.25) is 0 Å². The van der Waals surface area contributed by atoms with Gasteiger partial charge in [-0.1, -0.05) is 24.3 Å². The van der Waals surface area contributed by atoms with Crippen molar-refractivity contribution in [2.45, 2.75) is 6.61 Å². The number of carbonyl (C=O) groups is 2. The Morgan fingerprint density at radius 1 is 1.11 bits per heavy atom. The zero-order chi connectivity index (χ0) is 25.4. The minimum atomic E-state index is -1.13. The number of hydrogen-bond acceptors (Lipinski definition) is 6. The van der Waals surface area contributed by atoms with Gasteiger partial charge in [0.1, 0.15) is 18.2 Å². The summed E-state index contributed by atoms with van der Waals surface area (Å²) in [4.78, 5) is 23.7. The van der Waals surface area contributed by atoms with E-state index in [1.54, 1.807) is 30.3 Å². The number of ether oxygens (including phenoxy) is 2. The van der Waals surface area contributed by atoms with Gasteiger partial charge in [-0.25, -0.2) is 4.79 Å². The molecule has 0 fully saturated rings. The molecule has 0 heterocycles. The number of carboxylic acids is 1. The molecule has 174 valence electrons. The number of halogens is 1. The van der Waals surface area contributed by atoms with Crippen LogP contribution in [0.5, 0.6) is 11.5 Å². The van der Waals surface area contributed by atoms with Gasteiger partial charge in [-0.15, -0.1) is 0 Å². The number of nitriles is 2. The van der Waals surface area contributed by atoms with Gasteiger partial charge in [0.15, 0.2) is 11.5 Å². The van der Waals surface area contributed by atoms with E-state index >= 15 is 0 Å². The molecule has 3 aromatic carbocycles. The summed E-state index contributed by atoms with van der Waals surface area (Å²) in [5.74, 6) is -1.08. The fourth-order valence-corrected chi connectivity index (χ4v) is 3.69. The second kappa shape index (κ2) is 11.5. The molecule has 0 radical (unpaired) electrons. The molecule has 1 amide bonds. The summed E-state index contributed by atoms with van der Waals surface area (Å²) in [6.07, 6.45) is 1.37. The molecule has 0 saturated carbocycles. The normalized spacial score (nSPS) is 10.6. The van der Waals surface area contributed by atoms with Crippen molar-refractivity contribution >= 4 is 39.6 Å². The first kappa shape index (κ1) is 25.0. The maximum Gasteiger partial charge on any atom is 0.335 e. The van der Waals surface area contributed by atoms with Crippen molar-refractivity contribution < 1.29 is 24.2 Å². The van der Waals surface area contributed by atoms with Crippen LogP contribution in [0.1, 0.15) is 27.0 Å². The van der Waals surface area contributed by atoms with Crippen LogP contribution in [0.3, 0.4) is 0 Å². The molecule has 0 unspecified atom stereocenters. The minimum Gasteiger partial charge on any atom is -0.493 e. The molecule has 3 aromatic rings. The van der Waals surface area contributed by atoms with E-state index in [1.165, 1.54) is 37.5 Å². The van der Waals surface area contributed by atoms with Crippen molar-refractivity contribution in [1.29, 1.82) is 10.5 Å². The zero-order valence-electron chi connectivity index (χ0n) is 18.4. The zero-order valence-corrected chi connectivity index (χ0v) is 20.0. The van der Waals surface area contributed by atoms with Crippen LogP contribution in [0, 0.1) is 22.7 Å². The molecule has 0 aliphatic rings. The Morgan fingerprint density at radius 3 is 2.57 bits per heavy atom. The molecule has 8 nitrogen and oxygen atoms in total. The first-order chi connectivity index (χ1) is 16.9. The summed E-state index contributed by atoms with van der Waals surface area (Å²) in [6.45, 7) is 0.134. The number of nitrogens with zero attached hydrogens (tertiary/aromatic N) is 2. The van der Waals surface area contributed by atoms with Gasteiger partial charge in [0.05, 0.1) is 28.8 Å². The lowest BCUT2D eigenvalue weighted by Gasteiger charge is -2.14. The first-order valence-corrected chi connectivity index (χ1v) is 10.9. The Bertz CT molecular complexity index is 1400. The van der Waals surface area contributed by atoms with E-state index in [0.717, 1.165) is 0 Å². The smallest absolute Gasteiger partial charge is 0.335 e. The van der Waals surface area contributed by atoms with Gasteiger partial charge >= 0.3 is 5.97 Å². The number of methoxy groups -OCH3 is 1. The van der Waals surface area contributed by atoms with Crippen molar-refractivity contribution in [1.82, 2.24) is 0 Å². The number of aromatic carboxylic acids is 1. The number of carbonyl (C=O) groups excluding carboxylic acids is 1. The second-order valence-electron chi connectivity index (χ2n) is 7.10. The third-order valence-electron chi connectivity index (χ3n) is 4.81. The highest BCUT2D eigenvalue weighted by Crippen LogP contribution is 2.38. The van der Waals surface area contributed by atoms with E-state index in [9.17, 15) is 20.1 Å². The highest BCUT2D eigenvalue weighted by molar-refractivity contribution is 9.10. The van der Waals surface area contributed by atoms with Crippen LogP contribution in [0.25, 0.3) is 6.08 Å². The van der Waals surface area contributed by atoms with E-state index in [4.69, 9.17) is 14.6 Å². The summed E-state index contributed by atoms with van der Waals surface area (Å²) in [5, 5.41) is 30.4. The quantitative estimate of drug-likeness (QED) is 0.303. The molecule has 0 aliphatic heterocycles. The largest absolute Gasteiger partial charge is 0.493 e. The van der Waals surface area contributed by atoms with Crippen LogP contribution in [0.2, 0.25) is 0 Å². The van der Waals surface area contributed by atoms with Crippen LogP contribution in [0.15, 0.2) is 70.7 Å². The predicted octanol–water partition coefficient (Wildman–Crippen LogP) is 5.15. The molecule has 2 N–H and O–H groups in total. The number of hydrogen-bond donors (Lipinski definition) is 2. The van der Waals surface area contributed by atoms with E-state index in [0.29, 0.717) is 32.7 Å². The van der Waals surface area contributed by atoms with Crippen molar-refractivity contribution in [2.75, 3.05) is 12.4 Å². The topological polar surface area (TPSA) is 132 Å². The molecule has 35 heavy (non-hydrogen) atoms. The van der Waals surface area contributed by atoms with Crippen LogP contribution in [0.4, 0.5) is 5.69 Å². The van der Waals surface area contributed by atoms with E-state index in [1.807, 2.05) is 12.1 Å². The fraction of sp³-hybridized carbons (Fsp3) is 0.0769. The minimum absolute atomic E-state index is 0.00642. The number of carboxylic acid groups (broad SMARTS) is 1. The lowest BCUT2D eigenvalue weighted by molar-refractivity contribution is -0.112. The number of amides is 1. The molecule has 0 saturated heterocycles. The Kier molecular flexibility index (Phi) is 8.23. The Hall–Kier alpha value is -4.60. The molecule has 3 rings (SSSR count). The highest BCUT2D eigenvalue weighted by atomic mass is 79.9. The number of benzene rings is 3. The molecular weight excluding hydrogens is 514 g/mol. The summed E-state index contributed by atoms with van der Waals surface area (Å²) in [7, 11) is 1.46. The molecule has 0 aromatic heterocycles. The van der Waals surface area contributed by atoms with Gasteiger partial charge in [-0.05, 0) is 64.0 Å². The average Bonchev–Trinajstić information content (AvgIpc) is 2.86. The molecule has 0 bridgehead atoms. The SMILES string of the molecule is COc1cc(/C=C(/C#N)C(=O)Nc2cccc(C(=O)O)c2)cc(Br)c1OCc1ccccc1C#N. The molecule has 0 spiro atoms. The van der Waals surface area contributed by atoms with E-state index < -0.39 is 11.9 Å². The highest BCUT2D eigenvalue weighted by Gasteiger charge is 2.15. The van der Waals surface area contributed by atoms with Gasteiger partial charge < -0.3 is 19.9 Å². The standard InChI is InChI=1S/C26H18BrN3O5/c1-34-23-11-16(10-22(27)24(23)35-15-19-6-3-2-5-18(19)13-28)9-20(14-29)25(31)30-21-8-4-7-17(12-21)26(32)33/h2-12H,15H2,1H3,(H,30,31)(H,32,33)/b20-9-. The summed E-state index contributed by atoms with van der Waals surface area (Å²) < 4.78 is 11.8. The maximum absolute atomic E-state index is 12.6. The van der Waals surface area contributed by atoms with Crippen LogP contribution >= 0.6 is 15.9 Å². The number of rotatable bonds is 8. The van der Waals surface area contributed by atoms with Crippen LogP contribution in [-0.2, 0) is 11.4 Å². The van der Waals surface area contributed by atoms with Gasteiger partial charge in [0.25, 0.3) is 5.91 Å². The Labute approximate surface area is 209 Å². The monoisotopic (exact) mass is 531 g/mol. The van der Waals surface area contributed by atoms with Crippen LogP contribution < -0.4 is 14.8 Å². The van der Waals surface area contributed by atoms with Crippen molar-refractivity contribution in [2.24, 2.45) is 0 Å². The Morgan fingerprint density at radius 2 is 1.89 bits per heavy atom. The van der Waals surface area contributed by atoms with Crippen molar-refractivity contribution in [3.8, 4) is 23.6 Å². The first-order valence-electron chi connectivity index (χ1n) is 10.1. The molecular formula is C26H18BrN3O5. The lowest BCUT2D eigenvalue weighted by Crippen LogP contribution is -2.14. The van der Waals surface area contributed by atoms with Gasteiger partial charge in [-0.3, -0.25) is 4.79 Å². The number of nitrogens with one attached hydrogen (secondary N) is 1. The van der Waals surface area contributed by atoms with E-state index in [-0.39, 0.29) is 23.4 Å². The predicted molar refractivity (Wildman–Crippen MR) is 132 cm³/mol. The summed E-state index contributed by atoms with van der Waals surface area (Å²) in [6, 6.07) is 20.0. The van der Waals surface area contributed by atoms with E-state index in [2.05, 4.69) is 27.3 Å². The summed E-state index contributed by atoms with van der Waals surface area (Å²) in [5.41, 5.74) is 1.76. The fourth-order valence-electron chi connectivity index (χ4n) is 3.11. The molecule has 9 heteroatoms. The third kappa shape index (κ3) is 6.26. The molecule has 0 aliphatic carbocycles. The third-order valence-corrected chi connectivity index (χ3v) is 5.39. The van der Waals surface area contributed by atoms with Crippen molar-refractivity contribution in [3.63, 3.8) is 0 Å². The Balaban J connectivity index is 1.84.